The van der Waals surface area contributed by atoms with Crippen molar-refractivity contribution < 1.29 is 14.3 Å². The number of thioether (sulfide) groups is 1. The first kappa shape index (κ1) is 12.0. The molecule has 1 aliphatic rings. The molecule has 0 spiro atoms. The molecular weight excluding hydrogens is 238 g/mol. The van der Waals surface area contributed by atoms with Gasteiger partial charge in [0, 0.05) is 11.3 Å². The average Bonchev–Trinajstić information content (AvgIpc) is 2.87. The minimum Gasteiger partial charge on any atom is -0.467 e. The normalized spacial score (nSPS) is 19.1. The Hall–Kier alpha value is -1.49. The van der Waals surface area contributed by atoms with Gasteiger partial charge < -0.3 is 9.64 Å². The molecule has 1 saturated heterocycles. The topological polar surface area (TPSA) is 46.6 Å². The first-order valence-corrected chi connectivity index (χ1v) is 6.41. The van der Waals surface area contributed by atoms with Gasteiger partial charge in [-0.2, -0.15) is 0 Å². The lowest BCUT2D eigenvalue weighted by Crippen LogP contribution is -2.42. The highest BCUT2D eigenvalue weighted by atomic mass is 32.2. The summed E-state index contributed by atoms with van der Waals surface area (Å²) in [5.41, 5.74) is 0.601. The van der Waals surface area contributed by atoms with Crippen LogP contribution in [0.3, 0.4) is 0 Å². The fourth-order valence-electron chi connectivity index (χ4n) is 1.72. The Morgan fingerprint density at radius 3 is 2.71 bits per heavy atom. The van der Waals surface area contributed by atoms with Gasteiger partial charge in [-0.05, 0) is 12.1 Å². The van der Waals surface area contributed by atoms with Gasteiger partial charge in [0.05, 0.1) is 13.0 Å². The number of hydrogen-bond acceptors (Lipinski definition) is 4. The van der Waals surface area contributed by atoms with Crippen LogP contribution in [0.2, 0.25) is 0 Å². The summed E-state index contributed by atoms with van der Waals surface area (Å²) in [6, 6.07) is 8.51. The molecular formula is C12H13NO3S. The lowest BCUT2D eigenvalue weighted by Gasteiger charge is -2.21. The van der Waals surface area contributed by atoms with E-state index in [1.165, 1.54) is 7.11 Å². The molecule has 0 aliphatic carbocycles. The van der Waals surface area contributed by atoms with E-state index in [9.17, 15) is 9.59 Å². The van der Waals surface area contributed by atoms with Gasteiger partial charge in [-0.3, -0.25) is 4.79 Å². The summed E-state index contributed by atoms with van der Waals surface area (Å²) in [7, 11) is 1.34. The second-order valence-electron chi connectivity index (χ2n) is 3.68. The highest BCUT2D eigenvalue weighted by molar-refractivity contribution is 7.99. The zero-order valence-electron chi connectivity index (χ0n) is 9.46. The van der Waals surface area contributed by atoms with Gasteiger partial charge in [-0.25, -0.2) is 4.79 Å². The number of amides is 1. The fraction of sp³-hybridized carbons (Fsp3) is 0.333. The van der Waals surface area contributed by atoms with Crippen molar-refractivity contribution in [2.24, 2.45) is 0 Å². The third-order valence-electron chi connectivity index (χ3n) is 2.64. The molecule has 2 rings (SSSR count). The van der Waals surface area contributed by atoms with Crippen LogP contribution in [0.1, 0.15) is 10.4 Å². The quantitative estimate of drug-likeness (QED) is 0.745. The van der Waals surface area contributed by atoms with Crippen molar-refractivity contribution in [3.8, 4) is 0 Å². The molecule has 5 heteroatoms. The molecule has 1 aromatic rings. The Labute approximate surface area is 104 Å². The predicted molar refractivity (Wildman–Crippen MR) is 65.7 cm³/mol. The van der Waals surface area contributed by atoms with Crippen LogP contribution in [0.4, 0.5) is 0 Å². The van der Waals surface area contributed by atoms with Gasteiger partial charge in [0.15, 0.2) is 0 Å². The molecule has 1 fully saturated rings. The number of carbonyl (C=O) groups is 2. The standard InChI is InChI=1S/C12H13NO3S/c1-16-12(15)10-7-17-8-13(10)11(14)9-5-3-2-4-6-9/h2-6,10H,7-8H2,1H3/t10-/m0/s1. The maximum Gasteiger partial charge on any atom is 0.329 e. The van der Waals surface area contributed by atoms with E-state index in [0.717, 1.165) is 0 Å². The van der Waals surface area contributed by atoms with Gasteiger partial charge >= 0.3 is 5.97 Å². The Morgan fingerprint density at radius 2 is 2.06 bits per heavy atom. The van der Waals surface area contributed by atoms with Crippen LogP contribution in [-0.2, 0) is 9.53 Å². The van der Waals surface area contributed by atoms with Crippen molar-refractivity contribution in [2.45, 2.75) is 6.04 Å². The number of carbonyl (C=O) groups excluding carboxylic acids is 2. The van der Waals surface area contributed by atoms with Crippen molar-refractivity contribution in [1.29, 1.82) is 0 Å². The second-order valence-corrected chi connectivity index (χ2v) is 4.68. The molecule has 1 heterocycles. The van der Waals surface area contributed by atoms with Gasteiger partial charge in [0.25, 0.3) is 5.91 Å². The molecule has 0 unspecified atom stereocenters. The number of methoxy groups -OCH3 is 1. The molecule has 0 aromatic heterocycles. The van der Waals surface area contributed by atoms with Crippen LogP contribution >= 0.6 is 11.8 Å². The van der Waals surface area contributed by atoms with Crippen molar-refractivity contribution in [2.75, 3.05) is 18.7 Å². The summed E-state index contributed by atoms with van der Waals surface area (Å²) in [6.45, 7) is 0. The lowest BCUT2D eigenvalue weighted by atomic mass is 10.2. The average molecular weight is 251 g/mol. The van der Waals surface area contributed by atoms with E-state index in [0.29, 0.717) is 17.2 Å². The molecule has 1 aliphatic heterocycles. The third kappa shape index (κ3) is 2.44. The Balaban J connectivity index is 2.17. The van der Waals surface area contributed by atoms with E-state index in [1.807, 2.05) is 18.2 Å². The zero-order chi connectivity index (χ0) is 12.3. The zero-order valence-corrected chi connectivity index (χ0v) is 10.3. The van der Waals surface area contributed by atoms with Crippen LogP contribution in [0, 0.1) is 0 Å². The molecule has 1 atom stereocenters. The minimum absolute atomic E-state index is 0.119. The lowest BCUT2D eigenvalue weighted by molar-refractivity contribution is -0.144. The summed E-state index contributed by atoms with van der Waals surface area (Å²) >= 11 is 1.56. The van der Waals surface area contributed by atoms with Crippen molar-refractivity contribution in [1.82, 2.24) is 4.90 Å². The van der Waals surface area contributed by atoms with Crippen LogP contribution in [-0.4, -0.2) is 41.6 Å². The maximum atomic E-state index is 12.2. The van der Waals surface area contributed by atoms with Gasteiger partial charge in [0.1, 0.15) is 6.04 Å². The predicted octanol–water partition coefficient (Wildman–Crippen LogP) is 1.37. The molecule has 0 N–H and O–H groups in total. The summed E-state index contributed by atoms with van der Waals surface area (Å²) in [5.74, 6) is 0.670. The summed E-state index contributed by atoms with van der Waals surface area (Å²) < 4.78 is 4.70. The van der Waals surface area contributed by atoms with Crippen molar-refractivity contribution in [3.63, 3.8) is 0 Å². The smallest absolute Gasteiger partial charge is 0.329 e. The molecule has 1 aromatic carbocycles. The van der Waals surface area contributed by atoms with Crippen LogP contribution in [0.15, 0.2) is 30.3 Å². The van der Waals surface area contributed by atoms with Gasteiger partial charge in [-0.15, -0.1) is 11.8 Å². The van der Waals surface area contributed by atoms with Gasteiger partial charge in [-0.1, -0.05) is 18.2 Å². The largest absolute Gasteiger partial charge is 0.467 e. The third-order valence-corrected chi connectivity index (χ3v) is 3.65. The molecule has 90 valence electrons. The number of esters is 1. The van der Waals surface area contributed by atoms with E-state index in [1.54, 1.807) is 28.8 Å². The monoisotopic (exact) mass is 251 g/mol. The highest BCUT2D eigenvalue weighted by Crippen LogP contribution is 2.23. The Bertz CT molecular complexity index is 421. The molecule has 0 bridgehead atoms. The summed E-state index contributed by atoms with van der Waals surface area (Å²) in [6.07, 6.45) is 0. The molecule has 1 amide bonds. The molecule has 17 heavy (non-hydrogen) atoms. The van der Waals surface area contributed by atoms with Crippen molar-refractivity contribution >= 4 is 23.6 Å². The van der Waals surface area contributed by atoms with Crippen LogP contribution in [0.25, 0.3) is 0 Å². The number of nitrogens with zero attached hydrogens (tertiary/aromatic N) is 1. The fourth-order valence-corrected chi connectivity index (χ4v) is 2.86. The first-order chi connectivity index (χ1) is 8.24. The van der Waals surface area contributed by atoms with Crippen LogP contribution in [0.5, 0.6) is 0 Å². The summed E-state index contributed by atoms with van der Waals surface area (Å²) in [4.78, 5) is 25.3. The second kappa shape index (κ2) is 5.23. The Kier molecular flexibility index (Phi) is 3.68. The van der Waals surface area contributed by atoms with E-state index in [4.69, 9.17) is 4.74 Å². The van der Waals surface area contributed by atoms with Gasteiger partial charge in [0.2, 0.25) is 0 Å². The first-order valence-electron chi connectivity index (χ1n) is 5.25. The van der Waals surface area contributed by atoms with E-state index in [2.05, 4.69) is 0 Å². The van der Waals surface area contributed by atoms with Crippen molar-refractivity contribution in [3.05, 3.63) is 35.9 Å². The molecule has 0 saturated carbocycles. The number of ether oxygens (including phenoxy) is 1. The maximum absolute atomic E-state index is 12.2. The number of hydrogen-bond donors (Lipinski definition) is 0. The Morgan fingerprint density at radius 1 is 1.35 bits per heavy atom. The summed E-state index contributed by atoms with van der Waals surface area (Å²) in [5, 5.41) is 0. The van der Waals surface area contributed by atoms with E-state index in [-0.39, 0.29) is 11.9 Å². The van der Waals surface area contributed by atoms with Crippen LogP contribution < -0.4 is 0 Å². The highest BCUT2D eigenvalue weighted by Gasteiger charge is 2.35. The minimum atomic E-state index is -0.460. The molecule has 0 radical (unpaired) electrons. The van der Waals surface area contributed by atoms with E-state index < -0.39 is 6.04 Å². The number of rotatable bonds is 2. The molecule has 4 nitrogen and oxygen atoms in total. The SMILES string of the molecule is COC(=O)[C@@H]1CSCN1C(=O)c1ccccc1. The number of benzene rings is 1. The van der Waals surface area contributed by atoms with E-state index >= 15 is 0 Å².